The minimum absolute atomic E-state index is 0.356. The molecule has 0 aliphatic carbocycles. The van der Waals surface area contributed by atoms with Gasteiger partial charge in [-0.3, -0.25) is 4.90 Å². The van der Waals surface area contributed by atoms with Gasteiger partial charge in [0.25, 0.3) is 0 Å². The molecule has 1 fully saturated rings. The quantitative estimate of drug-likeness (QED) is 0.722. The van der Waals surface area contributed by atoms with E-state index in [1.807, 2.05) is 24.4 Å². The summed E-state index contributed by atoms with van der Waals surface area (Å²) in [5.41, 5.74) is 1.85. The third kappa shape index (κ3) is 3.17. The van der Waals surface area contributed by atoms with Crippen LogP contribution in [0.5, 0.6) is 0 Å². The smallest absolute Gasteiger partial charge is 0.153 e. The highest BCUT2D eigenvalue weighted by atomic mass is 35.5. The third-order valence-electron chi connectivity index (χ3n) is 4.20. The van der Waals surface area contributed by atoms with E-state index in [2.05, 4.69) is 25.3 Å². The summed E-state index contributed by atoms with van der Waals surface area (Å²) in [5, 5.41) is 8.91. The topological polar surface area (TPSA) is 58.4 Å². The zero-order valence-electron chi connectivity index (χ0n) is 12.9. The first-order chi connectivity index (χ1) is 11.7. The first kappa shape index (κ1) is 15.6. The van der Waals surface area contributed by atoms with Gasteiger partial charge in [-0.15, -0.1) is 5.10 Å². The van der Waals surface area contributed by atoms with E-state index >= 15 is 0 Å². The normalized spacial score (nSPS) is 18.3. The van der Waals surface area contributed by atoms with Gasteiger partial charge in [-0.25, -0.2) is 14.5 Å². The number of likely N-dealkylation sites (tertiary alicyclic amines) is 1. The van der Waals surface area contributed by atoms with Crippen molar-refractivity contribution in [3.8, 4) is 0 Å². The molecule has 1 aliphatic heterocycles. The van der Waals surface area contributed by atoms with Crippen LogP contribution in [0.3, 0.4) is 0 Å². The highest BCUT2D eigenvalue weighted by molar-refractivity contribution is 6.41. The summed E-state index contributed by atoms with van der Waals surface area (Å²) < 4.78 is 1.77. The molecule has 3 aromatic heterocycles. The number of halogens is 2. The molecule has 0 bridgehead atoms. The lowest BCUT2D eigenvalue weighted by Gasteiger charge is -2.18. The molecule has 124 valence electrons. The second-order valence-corrected chi connectivity index (χ2v) is 6.62. The van der Waals surface area contributed by atoms with E-state index in [0.717, 1.165) is 43.1 Å². The monoisotopic (exact) mass is 362 g/mol. The van der Waals surface area contributed by atoms with Crippen molar-refractivity contribution < 1.29 is 0 Å². The summed E-state index contributed by atoms with van der Waals surface area (Å²) in [7, 11) is 0. The van der Waals surface area contributed by atoms with Gasteiger partial charge >= 0.3 is 0 Å². The minimum Gasteiger partial charge on any atom is -0.365 e. The first-order valence-electron chi connectivity index (χ1n) is 7.77. The minimum atomic E-state index is 0.356. The van der Waals surface area contributed by atoms with Crippen LogP contribution < -0.4 is 5.32 Å². The molecule has 1 unspecified atom stereocenters. The van der Waals surface area contributed by atoms with Gasteiger partial charge in [-0.2, -0.15) is 0 Å². The summed E-state index contributed by atoms with van der Waals surface area (Å²) in [5.74, 6) is 0.859. The summed E-state index contributed by atoms with van der Waals surface area (Å²) in [4.78, 5) is 10.5. The summed E-state index contributed by atoms with van der Waals surface area (Å²) in [6, 6.07) is 6.20. The number of pyridine rings is 1. The molecule has 0 aromatic carbocycles. The van der Waals surface area contributed by atoms with E-state index in [1.54, 1.807) is 16.9 Å². The SMILES string of the molecule is Clc1nccc(CN2CCC(Nc3ccc4nccn4n3)C2)c1Cl. The zero-order valence-corrected chi connectivity index (χ0v) is 14.4. The average molecular weight is 363 g/mol. The van der Waals surface area contributed by atoms with Crippen LogP contribution in [0.2, 0.25) is 10.2 Å². The van der Waals surface area contributed by atoms with Crippen LogP contribution in [0.1, 0.15) is 12.0 Å². The molecule has 0 radical (unpaired) electrons. The van der Waals surface area contributed by atoms with Crippen LogP contribution in [0.4, 0.5) is 5.82 Å². The Hall–Kier alpha value is -1.89. The zero-order chi connectivity index (χ0) is 16.5. The van der Waals surface area contributed by atoms with Crippen LogP contribution in [0.25, 0.3) is 5.65 Å². The number of nitrogens with zero attached hydrogens (tertiary/aromatic N) is 5. The molecule has 0 saturated carbocycles. The number of nitrogens with one attached hydrogen (secondary N) is 1. The van der Waals surface area contributed by atoms with Gasteiger partial charge in [-0.1, -0.05) is 23.2 Å². The fourth-order valence-corrected chi connectivity index (χ4v) is 3.36. The van der Waals surface area contributed by atoms with Crippen LogP contribution in [0.15, 0.2) is 36.8 Å². The predicted molar refractivity (Wildman–Crippen MR) is 94.5 cm³/mol. The van der Waals surface area contributed by atoms with Crippen molar-refractivity contribution in [3.05, 3.63) is 52.5 Å². The number of hydrogen-bond acceptors (Lipinski definition) is 5. The van der Waals surface area contributed by atoms with Gasteiger partial charge in [0, 0.05) is 44.3 Å². The number of fused-ring (bicyclic) bond motifs is 1. The van der Waals surface area contributed by atoms with Crippen molar-refractivity contribution >= 4 is 34.7 Å². The lowest BCUT2D eigenvalue weighted by atomic mass is 10.2. The molecule has 1 atom stereocenters. The molecule has 6 nitrogen and oxygen atoms in total. The van der Waals surface area contributed by atoms with Gasteiger partial charge in [-0.05, 0) is 30.2 Å². The van der Waals surface area contributed by atoms with E-state index < -0.39 is 0 Å². The molecule has 0 amide bonds. The highest BCUT2D eigenvalue weighted by Gasteiger charge is 2.23. The Morgan fingerprint density at radius 2 is 2.08 bits per heavy atom. The average Bonchev–Trinajstić information content (AvgIpc) is 3.21. The largest absolute Gasteiger partial charge is 0.365 e. The fourth-order valence-electron chi connectivity index (χ4n) is 3.01. The molecule has 8 heteroatoms. The maximum Gasteiger partial charge on any atom is 0.153 e. The molecule has 0 spiro atoms. The second kappa shape index (κ2) is 6.55. The first-order valence-corrected chi connectivity index (χ1v) is 8.53. The molecule has 1 N–H and O–H groups in total. The van der Waals surface area contributed by atoms with Crippen molar-refractivity contribution in [2.75, 3.05) is 18.4 Å². The summed E-state index contributed by atoms with van der Waals surface area (Å²) in [6.07, 6.45) is 6.34. The van der Waals surface area contributed by atoms with Crippen LogP contribution in [0, 0.1) is 0 Å². The van der Waals surface area contributed by atoms with E-state index in [-0.39, 0.29) is 0 Å². The number of rotatable bonds is 4. The van der Waals surface area contributed by atoms with Gasteiger partial charge in [0.05, 0.1) is 5.02 Å². The highest BCUT2D eigenvalue weighted by Crippen LogP contribution is 2.26. The fraction of sp³-hybridized carbons (Fsp3) is 0.312. The third-order valence-corrected chi connectivity index (χ3v) is 5.01. The van der Waals surface area contributed by atoms with E-state index in [9.17, 15) is 0 Å². The second-order valence-electron chi connectivity index (χ2n) is 5.89. The number of anilines is 1. The van der Waals surface area contributed by atoms with Crippen molar-refractivity contribution in [1.82, 2.24) is 24.5 Å². The molecule has 1 aliphatic rings. The Kier molecular flexibility index (Phi) is 4.26. The molecule has 4 rings (SSSR count). The Labute approximate surface area is 149 Å². The molecule has 4 heterocycles. The van der Waals surface area contributed by atoms with Crippen LogP contribution >= 0.6 is 23.2 Å². The van der Waals surface area contributed by atoms with Gasteiger partial charge in [0.1, 0.15) is 11.0 Å². The Bertz CT molecular complexity index is 865. The molecule has 24 heavy (non-hydrogen) atoms. The Morgan fingerprint density at radius 1 is 1.17 bits per heavy atom. The molecular formula is C16H16Cl2N6. The lowest BCUT2D eigenvalue weighted by molar-refractivity contribution is 0.328. The van der Waals surface area contributed by atoms with Gasteiger partial charge in [0.2, 0.25) is 0 Å². The molecule has 1 saturated heterocycles. The lowest BCUT2D eigenvalue weighted by Crippen LogP contribution is -2.26. The maximum absolute atomic E-state index is 6.23. The maximum atomic E-state index is 6.23. The van der Waals surface area contributed by atoms with Crippen molar-refractivity contribution in [3.63, 3.8) is 0 Å². The number of hydrogen-bond donors (Lipinski definition) is 1. The van der Waals surface area contributed by atoms with E-state index in [0.29, 0.717) is 16.2 Å². The standard InChI is InChI=1S/C16H16Cl2N6/c17-15-11(3-5-20-16(15)18)9-23-7-4-12(10-23)21-13-1-2-14-19-6-8-24(14)22-13/h1-3,5-6,8,12H,4,7,9-10H2,(H,21,22). The van der Waals surface area contributed by atoms with Crippen molar-refractivity contribution in [2.45, 2.75) is 19.0 Å². The summed E-state index contributed by atoms with van der Waals surface area (Å²) >= 11 is 12.2. The van der Waals surface area contributed by atoms with Gasteiger partial charge < -0.3 is 5.32 Å². The van der Waals surface area contributed by atoms with Crippen LogP contribution in [-0.4, -0.2) is 43.6 Å². The van der Waals surface area contributed by atoms with Crippen molar-refractivity contribution in [1.29, 1.82) is 0 Å². The van der Waals surface area contributed by atoms with E-state index in [4.69, 9.17) is 23.2 Å². The van der Waals surface area contributed by atoms with Crippen LogP contribution in [-0.2, 0) is 6.54 Å². The molecule has 3 aromatic rings. The molecular weight excluding hydrogens is 347 g/mol. The number of imidazole rings is 1. The Morgan fingerprint density at radius 3 is 3.00 bits per heavy atom. The van der Waals surface area contributed by atoms with Gasteiger partial charge in [0.15, 0.2) is 5.65 Å². The predicted octanol–water partition coefficient (Wildman–Crippen LogP) is 3.12. The number of aromatic nitrogens is 4. The summed E-state index contributed by atoms with van der Waals surface area (Å²) in [6.45, 7) is 2.70. The Balaban J connectivity index is 1.40. The van der Waals surface area contributed by atoms with Crippen molar-refractivity contribution in [2.24, 2.45) is 0 Å². The van der Waals surface area contributed by atoms with E-state index in [1.165, 1.54) is 0 Å².